The second-order valence-corrected chi connectivity index (χ2v) is 2.68. The zero-order valence-corrected chi connectivity index (χ0v) is 7.53. The van der Waals surface area contributed by atoms with Crippen LogP contribution in [0.25, 0.3) is 0 Å². The average Bonchev–Trinajstić information content (AvgIpc) is 2.18. The van der Waals surface area contributed by atoms with Gasteiger partial charge in [-0.25, -0.2) is 4.98 Å². The molecule has 0 aliphatic rings. The summed E-state index contributed by atoms with van der Waals surface area (Å²) in [5, 5.41) is 11.5. The average molecular weight is 190 g/mol. The first kappa shape index (κ1) is 9.99. The zero-order chi connectivity index (χ0) is 10.4. The maximum Gasteiger partial charge on any atom is 0.219 e. The van der Waals surface area contributed by atoms with E-state index in [1.165, 1.54) is 6.20 Å². The van der Waals surface area contributed by atoms with Crippen molar-refractivity contribution in [2.45, 2.75) is 6.42 Å². The van der Waals surface area contributed by atoms with Crippen LogP contribution in [0.4, 0.5) is 5.82 Å². The highest BCUT2D eigenvalue weighted by Crippen LogP contribution is 2.04. The van der Waals surface area contributed by atoms with E-state index in [2.05, 4.69) is 10.3 Å². The van der Waals surface area contributed by atoms with E-state index in [4.69, 9.17) is 11.0 Å². The lowest BCUT2D eigenvalue weighted by atomic mass is 10.3. The first-order valence-corrected chi connectivity index (χ1v) is 4.10. The van der Waals surface area contributed by atoms with E-state index in [-0.39, 0.29) is 12.3 Å². The van der Waals surface area contributed by atoms with E-state index in [1.54, 1.807) is 12.1 Å². The van der Waals surface area contributed by atoms with Crippen molar-refractivity contribution in [1.29, 1.82) is 5.26 Å². The summed E-state index contributed by atoms with van der Waals surface area (Å²) in [5.41, 5.74) is 5.49. The van der Waals surface area contributed by atoms with E-state index >= 15 is 0 Å². The van der Waals surface area contributed by atoms with Crippen LogP contribution in [0.2, 0.25) is 0 Å². The molecule has 0 saturated carbocycles. The summed E-state index contributed by atoms with van der Waals surface area (Å²) in [5.74, 6) is 0.208. The van der Waals surface area contributed by atoms with Crippen molar-refractivity contribution >= 4 is 11.7 Å². The number of nitrogens with zero attached hydrogens (tertiary/aromatic N) is 2. The molecule has 0 saturated heterocycles. The van der Waals surface area contributed by atoms with Gasteiger partial charge in [0.15, 0.2) is 0 Å². The molecule has 14 heavy (non-hydrogen) atoms. The summed E-state index contributed by atoms with van der Waals surface area (Å²) < 4.78 is 0. The molecule has 1 aromatic heterocycles. The second kappa shape index (κ2) is 4.82. The fraction of sp³-hybridized carbons (Fsp3) is 0.222. The number of carbonyl (C=O) groups excluding carboxylic acids is 1. The summed E-state index contributed by atoms with van der Waals surface area (Å²) in [6.45, 7) is 0.428. The van der Waals surface area contributed by atoms with Gasteiger partial charge in [0, 0.05) is 19.2 Å². The van der Waals surface area contributed by atoms with Gasteiger partial charge < -0.3 is 11.1 Å². The largest absolute Gasteiger partial charge is 0.370 e. The number of carbonyl (C=O) groups is 1. The molecule has 72 valence electrons. The van der Waals surface area contributed by atoms with Gasteiger partial charge in [-0.3, -0.25) is 4.79 Å². The Morgan fingerprint density at radius 1 is 1.71 bits per heavy atom. The van der Waals surface area contributed by atoms with Gasteiger partial charge in [-0.2, -0.15) is 5.26 Å². The fourth-order valence-corrected chi connectivity index (χ4v) is 0.911. The highest BCUT2D eigenvalue weighted by Gasteiger charge is 1.97. The maximum atomic E-state index is 10.4. The molecule has 0 unspecified atom stereocenters. The molecule has 0 aliphatic carbocycles. The van der Waals surface area contributed by atoms with Crippen molar-refractivity contribution in [1.82, 2.24) is 4.98 Å². The normalized spacial score (nSPS) is 9.07. The van der Waals surface area contributed by atoms with Crippen LogP contribution >= 0.6 is 0 Å². The lowest BCUT2D eigenvalue weighted by Gasteiger charge is -2.02. The lowest BCUT2D eigenvalue weighted by Crippen LogP contribution is -2.16. The molecular weight excluding hydrogens is 180 g/mol. The molecular formula is C9H10N4O. The van der Waals surface area contributed by atoms with Gasteiger partial charge in [0.1, 0.15) is 5.82 Å². The number of aromatic nitrogens is 1. The number of pyridine rings is 1. The number of nitrogens with one attached hydrogen (secondary N) is 1. The summed E-state index contributed by atoms with van der Waals surface area (Å²) in [7, 11) is 0. The van der Waals surface area contributed by atoms with E-state index in [0.717, 1.165) is 0 Å². The smallest absolute Gasteiger partial charge is 0.219 e. The minimum absolute atomic E-state index is 0.248. The summed E-state index contributed by atoms with van der Waals surface area (Å²) in [4.78, 5) is 14.4. The van der Waals surface area contributed by atoms with E-state index in [9.17, 15) is 4.79 Å². The number of anilines is 1. The quantitative estimate of drug-likeness (QED) is 0.711. The Morgan fingerprint density at radius 2 is 2.50 bits per heavy atom. The lowest BCUT2D eigenvalue weighted by molar-refractivity contribution is -0.117. The number of hydrogen-bond acceptors (Lipinski definition) is 4. The fourth-order valence-electron chi connectivity index (χ4n) is 0.911. The van der Waals surface area contributed by atoms with Crippen molar-refractivity contribution in [3.63, 3.8) is 0 Å². The Hall–Kier alpha value is -2.09. The van der Waals surface area contributed by atoms with Gasteiger partial charge in [-0.05, 0) is 12.1 Å². The summed E-state index contributed by atoms with van der Waals surface area (Å²) in [6, 6.07) is 5.22. The van der Waals surface area contributed by atoms with Crippen LogP contribution in [0.1, 0.15) is 12.0 Å². The standard InChI is InChI=1S/C9H10N4O/c10-6-7-1-3-12-9(5-7)13-4-2-8(11)14/h1,3,5H,2,4H2,(H2,11,14)(H,12,13). The van der Waals surface area contributed by atoms with Crippen LogP contribution in [0, 0.1) is 11.3 Å². The van der Waals surface area contributed by atoms with Crippen LogP contribution in [-0.4, -0.2) is 17.4 Å². The van der Waals surface area contributed by atoms with E-state index in [0.29, 0.717) is 17.9 Å². The third kappa shape index (κ3) is 3.11. The summed E-state index contributed by atoms with van der Waals surface area (Å²) in [6.07, 6.45) is 1.78. The van der Waals surface area contributed by atoms with Crippen molar-refractivity contribution in [2.75, 3.05) is 11.9 Å². The molecule has 0 aromatic carbocycles. The number of amides is 1. The molecule has 5 heteroatoms. The minimum Gasteiger partial charge on any atom is -0.370 e. The number of primary amides is 1. The van der Waals surface area contributed by atoms with Gasteiger partial charge >= 0.3 is 0 Å². The van der Waals surface area contributed by atoms with Crippen molar-refractivity contribution in [2.24, 2.45) is 5.73 Å². The van der Waals surface area contributed by atoms with Gasteiger partial charge in [-0.15, -0.1) is 0 Å². The number of nitriles is 1. The van der Waals surface area contributed by atoms with Gasteiger partial charge in [0.25, 0.3) is 0 Å². The third-order valence-corrected chi connectivity index (χ3v) is 1.57. The predicted molar refractivity (Wildman–Crippen MR) is 51.3 cm³/mol. The van der Waals surface area contributed by atoms with Crippen LogP contribution in [0.15, 0.2) is 18.3 Å². The van der Waals surface area contributed by atoms with Crippen LogP contribution in [-0.2, 0) is 4.79 Å². The third-order valence-electron chi connectivity index (χ3n) is 1.57. The Labute approximate surface area is 81.6 Å². The van der Waals surface area contributed by atoms with Gasteiger partial charge in [-0.1, -0.05) is 0 Å². The monoisotopic (exact) mass is 190 g/mol. The molecule has 0 radical (unpaired) electrons. The van der Waals surface area contributed by atoms with Crippen molar-refractivity contribution in [3.05, 3.63) is 23.9 Å². The highest BCUT2D eigenvalue weighted by atomic mass is 16.1. The molecule has 5 nitrogen and oxygen atoms in total. The Bertz CT molecular complexity index is 369. The van der Waals surface area contributed by atoms with E-state index in [1.807, 2.05) is 6.07 Å². The van der Waals surface area contributed by atoms with Crippen molar-refractivity contribution in [3.8, 4) is 6.07 Å². The first-order valence-electron chi connectivity index (χ1n) is 4.10. The highest BCUT2D eigenvalue weighted by molar-refractivity contribution is 5.74. The number of rotatable bonds is 4. The molecule has 1 rings (SSSR count). The Balaban J connectivity index is 2.51. The molecule has 3 N–H and O–H groups in total. The molecule has 0 aliphatic heterocycles. The Morgan fingerprint density at radius 3 is 3.14 bits per heavy atom. The predicted octanol–water partition coefficient (Wildman–Crippen LogP) is 0.241. The summed E-state index contributed by atoms with van der Waals surface area (Å²) >= 11 is 0. The van der Waals surface area contributed by atoms with E-state index < -0.39 is 0 Å². The molecule has 0 atom stereocenters. The van der Waals surface area contributed by atoms with Crippen LogP contribution < -0.4 is 11.1 Å². The van der Waals surface area contributed by atoms with Crippen LogP contribution in [0.5, 0.6) is 0 Å². The molecule has 0 fully saturated rings. The molecule has 1 amide bonds. The van der Waals surface area contributed by atoms with Gasteiger partial charge in [0.2, 0.25) is 5.91 Å². The van der Waals surface area contributed by atoms with Crippen molar-refractivity contribution < 1.29 is 4.79 Å². The molecule has 0 bridgehead atoms. The molecule has 0 spiro atoms. The number of nitrogens with two attached hydrogens (primary N) is 1. The topological polar surface area (TPSA) is 91.8 Å². The zero-order valence-electron chi connectivity index (χ0n) is 7.53. The SMILES string of the molecule is N#Cc1ccnc(NCCC(N)=O)c1. The maximum absolute atomic E-state index is 10.4. The molecule has 1 heterocycles. The molecule has 1 aromatic rings. The van der Waals surface area contributed by atoms with Crippen LogP contribution in [0.3, 0.4) is 0 Å². The second-order valence-electron chi connectivity index (χ2n) is 2.68. The number of hydrogen-bond donors (Lipinski definition) is 2. The Kier molecular flexibility index (Phi) is 3.44. The van der Waals surface area contributed by atoms with Gasteiger partial charge in [0.05, 0.1) is 11.6 Å². The first-order chi connectivity index (χ1) is 6.72. The minimum atomic E-state index is -0.367.